The number of fused-ring (bicyclic) bond motifs is 2. The molecule has 0 radical (unpaired) electrons. The second-order valence-corrected chi connectivity index (χ2v) is 7.02. The number of nitrogens with zero attached hydrogens (tertiary/aromatic N) is 1. The maximum atomic E-state index is 11.6. The zero-order chi connectivity index (χ0) is 17.2. The van der Waals surface area contributed by atoms with Gasteiger partial charge in [0.1, 0.15) is 5.60 Å². The van der Waals surface area contributed by atoms with Crippen LogP contribution in [0.5, 0.6) is 0 Å². The highest BCUT2D eigenvalue weighted by Gasteiger charge is 2.53. The van der Waals surface area contributed by atoms with Crippen LogP contribution in [0.4, 0.5) is 0 Å². The molecule has 0 spiro atoms. The normalized spacial score (nSPS) is 29.0. The number of benzene rings is 1. The lowest BCUT2D eigenvalue weighted by Crippen LogP contribution is -2.59. The van der Waals surface area contributed by atoms with Gasteiger partial charge in [0.25, 0.3) is 0 Å². The number of methoxy groups -OCH3 is 2. The molecule has 1 aliphatic carbocycles. The van der Waals surface area contributed by atoms with Crippen LogP contribution in [0.2, 0.25) is 0 Å². The van der Waals surface area contributed by atoms with Gasteiger partial charge in [0.05, 0.1) is 6.61 Å². The average Bonchev–Trinajstić information content (AvgIpc) is 2.59. The van der Waals surface area contributed by atoms with Gasteiger partial charge in [-0.05, 0) is 30.5 Å². The van der Waals surface area contributed by atoms with Crippen molar-refractivity contribution in [1.82, 2.24) is 4.90 Å². The lowest BCUT2D eigenvalue weighted by molar-refractivity contribution is -0.170. The second-order valence-electron chi connectivity index (χ2n) is 7.02. The van der Waals surface area contributed by atoms with Crippen LogP contribution in [0.25, 0.3) is 0 Å². The first-order valence-electron chi connectivity index (χ1n) is 8.78. The van der Waals surface area contributed by atoms with Crippen molar-refractivity contribution in [1.29, 1.82) is 0 Å². The van der Waals surface area contributed by atoms with Gasteiger partial charge < -0.3 is 20.1 Å². The molecule has 3 atom stereocenters. The zero-order valence-corrected chi connectivity index (χ0v) is 15.9. The van der Waals surface area contributed by atoms with Crippen molar-refractivity contribution in [3.05, 3.63) is 35.4 Å². The summed E-state index contributed by atoms with van der Waals surface area (Å²) in [7, 11) is 3.56. The Bertz CT molecular complexity index is 582. The largest absolute Gasteiger partial charge is 0.383 e. The van der Waals surface area contributed by atoms with Crippen molar-refractivity contribution in [2.24, 2.45) is 17.6 Å². The number of carbonyl (C=O) groups is 1. The number of hydrogen-bond donors (Lipinski definition) is 1. The Balaban J connectivity index is 0.00000225. The minimum atomic E-state index is -0.384. The van der Waals surface area contributed by atoms with E-state index in [0.717, 1.165) is 44.6 Å². The van der Waals surface area contributed by atoms with Gasteiger partial charge in [-0.3, -0.25) is 4.79 Å². The summed E-state index contributed by atoms with van der Waals surface area (Å²) in [6, 6.07) is 7.72. The molecule has 1 aromatic rings. The van der Waals surface area contributed by atoms with Gasteiger partial charge in [-0.25, -0.2) is 0 Å². The van der Waals surface area contributed by atoms with E-state index >= 15 is 0 Å². The number of piperidine rings is 1. The van der Waals surface area contributed by atoms with E-state index in [1.807, 2.05) is 19.2 Å². The number of hydrogen-bond acceptors (Lipinski definition) is 4. The van der Waals surface area contributed by atoms with E-state index in [4.69, 9.17) is 15.2 Å². The molecule has 5 nitrogen and oxygen atoms in total. The fourth-order valence-corrected chi connectivity index (χ4v) is 4.77. The summed E-state index contributed by atoms with van der Waals surface area (Å²) in [5, 5.41) is 0. The Kier molecular flexibility index (Phi) is 6.86. The van der Waals surface area contributed by atoms with Gasteiger partial charge in [0, 0.05) is 51.3 Å². The molecule has 140 valence electrons. The summed E-state index contributed by atoms with van der Waals surface area (Å²) in [6.45, 7) is 3.74. The Hall–Kier alpha value is -1.14. The van der Waals surface area contributed by atoms with E-state index in [9.17, 15) is 4.79 Å². The van der Waals surface area contributed by atoms with Crippen LogP contribution in [0, 0.1) is 11.8 Å². The molecule has 1 saturated heterocycles. The first-order valence-corrected chi connectivity index (χ1v) is 8.78. The highest BCUT2D eigenvalue weighted by atomic mass is 35.5. The lowest BCUT2D eigenvalue weighted by Gasteiger charge is -2.55. The van der Waals surface area contributed by atoms with Crippen molar-refractivity contribution in [3.8, 4) is 0 Å². The SMILES string of the molecule is COCCN1C[C@H]2CCC[C@@H](C1)C2(OC)c1cccc(C(N)=O)c1.Cl. The van der Waals surface area contributed by atoms with Crippen LogP contribution in [-0.4, -0.2) is 51.3 Å². The summed E-state index contributed by atoms with van der Waals surface area (Å²) in [5.74, 6) is 0.468. The molecule has 25 heavy (non-hydrogen) atoms. The molecule has 1 aliphatic heterocycles. The van der Waals surface area contributed by atoms with Crippen LogP contribution in [0.15, 0.2) is 24.3 Å². The van der Waals surface area contributed by atoms with Gasteiger partial charge in [-0.2, -0.15) is 0 Å². The number of carbonyl (C=O) groups excluding carboxylic acids is 1. The summed E-state index contributed by atoms with van der Waals surface area (Å²) in [4.78, 5) is 14.1. The molecule has 3 rings (SSSR count). The maximum Gasteiger partial charge on any atom is 0.248 e. The Labute approximate surface area is 156 Å². The molecule has 1 amide bonds. The minimum absolute atomic E-state index is 0. The number of likely N-dealkylation sites (tertiary alicyclic amines) is 1. The van der Waals surface area contributed by atoms with E-state index in [1.165, 1.54) is 6.42 Å². The van der Waals surface area contributed by atoms with Crippen molar-refractivity contribution in [2.45, 2.75) is 24.9 Å². The maximum absolute atomic E-state index is 11.6. The summed E-state index contributed by atoms with van der Waals surface area (Å²) < 4.78 is 11.5. The van der Waals surface area contributed by atoms with Crippen molar-refractivity contribution in [3.63, 3.8) is 0 Å². The third-order valence-corrected chi connectivity index (χ3v) is 5.82. The van der Waals surface area contributed by atoms with E-state index in [-0.39, 0.29) is 23.9 Å². The van der Waals surface area contributed by atoms with Crippen LogP contribution in [-0.2, 0) is 15.1 Å². The quantitative estimate of drug-likeness (QED) is 0.837. The predicted octanol–water partition coefficient (Wildman–Crippen LogP) is 2.43. The fraction of sp³-hybridized carbons (Fsp3) is 0.632. The number of halogens is 1. The summed E-state index contributed by atoms with van der Waals surface area (Å²) in [6.07, 6.45) is 3.54. The molecule has 2 aliphatic rings. The fourth-order valence-electron chi connectivity index (χ4n) is 4.77. The summed E-state index contributed by atoms with van der Waals surface area (Å²) >= 11 is 0. The van der Waals surface area contributed by atoms with Crippen LogP contribution in [0.1, 0.15) is 35.2 Å². The third kappa shape index (κ3) is 3.70. The van der Waals surface area contributed by atoms with Crippen LogP contribution in [0.3, 0.4) is 0 Å². The molecule has 1 heterocycles. The highest BCUT2D eigenvalue weighted by molar-refractivity contribution is 5.92. The minimum Gasteiger partial charge on any atom is -0.383 e. The van der Waals surface area contributed by atoms with E-state index in [0.29, 0.717) is 17.4 Å². The van der Waals surface area contributed by atoms with E-state index in [2.05, 4.69) is 11.0 Å². The Morgan fingerprint density at radius 1 is 1.28 bits per heavy atom. The van der Waals surface area contributed by atoms with Crippen molar-refractivity contribution < 1.29 is 14.3 Å². The standard InChI is InChI=1S/C19H28N2O3.ClH/c1-23-10-9-21-12-16-7-4-8-17(13-21)19(16,24-2)15-6-3-5-14(11-15)18(20)22;/h3,5-6,11,16-17H,4,7-10,12-13H2,1-2H3,(H2,20,22);1H/t16-,17+,19?;. The van der Waals surface area contributed by atoms with Gasteiger partial charge in [-0.1, -0.05) is 18.6 Å². The number of ether oxygens (including phenoxy) is 2. The zero-order valence-electron chi connectivity index (χ0n) is 15.1. The third-order valence-electron chi connectivity index (χ3n) is 5.82. The molecule has 2 fully saturated rings. The highest BCUT2D eigenvalue weighted by Crippen LogP contribution is 2.51. The number of amides is 1. The van der Waals surface area contributed by atoms with Crippen molar-refractivity contribution in [2.75, 3.05) is 40.5 Å². The topological polar surface area (TPSA) is 64.8 Å². The van der Waals surface area contributed by atoms with E-state index in [1.54, 1.807) is 13.2 Å². The first-order chi connectivity index (χ1) is 11.6. The first kappa shape index (κ1) is 20.2. The Morgan fingerprint density at radius 2 is 1.96 bits per heavy atom. The molecule has 1 aromatic carbocycles. The monoisotopic (exact) mass is 368 g/mol. The molecular weight excluding hydrogens is 340 g/mol. The molecular formula is C19H29ClN2O3. The van der Waals surface area contributed by atoms with Crippen LogP contribution < -0.4 is 5.73 Å². The second kappa shape index (κ2) is 8.49. The van der Waals surface area contributed by atoms with Gasteiger partial charge >= 0.3 is 0 Å². The average molecular weight is 369 g/mol. The smallest absolute Gasteiger partial charge is 0.248 e. The molecule has 6 heteroatoms. The molecule has 1 unspecified atom stereocenters. The van der Waals surface area contributed by atoms with Gasteiger partial charge in [0.2, 0.25) is 5.91 Å². The van der Waals surface area contributed by atoms with Gasteiger partial charge in [0.15, 0.2) is 0 Å². The Morgan fingerprint density at radius 3 is 2.52 bits per heavy atom. The van der Waals surface area contributed by atoms with E-state index < -0.39 is 0 Å². The molecule has 2 bridgehead atoms. The molecule has 0 aromatic heterocycles. The number of primary amides is 1. The van der Waals surface area contributed by atoms with Crippen molar-refractivity contribution >= 4 is 18.3 Å². The predicted molar refractivity (Wildman–Crippen MR) is 100 cm³/mol. The molecule has 2 N–H and O–H groups in total. The molecule has 1 saturated carbocycles. The lowest BCUT2D eigenvalue weighted by atomic mass is 9.62. The number of nitrogens with two attached hydrogens (primary N) is 1. The summed E-state index contributed by atoms with van der Waals surface area (Å²) in [5.41, 5.74) is 6.83. The van der Waals surface area contributed by atoms with Gasteiger partial charge in [-0.15, -0.1) is 12.4 Å². The number of rotatable bonds is 6. The van der Waals surface area contributed by atoms with Crippen LogP contribution >= 0.6 is 12.4 Å².